The minimum atomic E-state index is -0.722. The lowest BCUT2D eigenvalue weighted by Gasteiger charge is -2.37. The van der Waals surface area contributed by atoms with E-state index in [9.17, 15) is 9.59 Å². The number of likely N-dealkylation sites (tertiary alicyclic amines) is 1. The van der Waals surface area contributed by atoms with Gasteiger partial charge in [0.2, 0.25) is 5.91 Å². The van der Waals surface area contributed by atoms with Crippen LogP contribution in [-0.4, -0.2) is 46.0 Å². The lowest BCUT2D eigenvalue weighted by atomic mass is 9.90. The molecule has 0 aromatic rings. The van der Waals surface area contributed by atoms with Gasteiger partial charge in [0.05, 0.1) is 5.92 Å². The Balaban J connectivity index is 1.94. The van der Waals surface area contributed by atoms with Crippen LogP contribution in [0.3, 0.4) is 0 Å². The Morgan fingerprint density at radius 1 is 1.29 bits per heavy atom. The van der Waals surface area contributed by atoms with Crippen molar-refractivity contribution in [2.75, 3.05) is 18.1 Å². The quantitative estimate of drug-likeness (QED) is 0.813. The van der Waals surface area contributed by atoms with Crippen molar-refractivity contribution >= 4 is 23.6 Å². The van der Waals surface area contributed by atoms with Crippen molar-refractivity contribution in [2.45, 2.75) is 32.2 Å². The molecule has 3 atom stereocenters. The molecular weight excluding hydrogens is 238 g/mol. The average Bonchev–Trinajstić information content (AvgIpc) is 2.81. The summed E-state index contributed by atoms with van der Waals surface area (Å²) in [5.74, 6) is 1.43. The molecule has 0 aliphatic carbocycles. The van der Waals surface area contributed by atoms with E-state index in [1.165, 1.54) is 0 Å². The molecule has 96 valence electrons. The maximum absolute atomic E-state index is 12.3. The molecule has 2 fully saturated rings. The second-order valence-corrected chi connectivity index (χ2v) is 6.15. The second-order valence-electron chi connectivity index (χ2n) is 5.00. The lowest BCUT2D eigenvalue weighted by molar-refractivity contribution is -0.148. The largest absolute Gasteiger partial charge is 0.481 e. The van der Waals surface area contributed by atoms with Crippen LogP contribution in [0.5, 0.6) is 0 Å². The summed E-state index contributed by atoms with van der Waals surface area (Å²) in [5, 5.41) is 8.99. The number of nitrogens with zero attached hydrogens (tertiary/aromatic N) is 1. The number of piperidine rings is 1. The van der Waals surface area contributed by atoms with Crippen molar-refractivity contribution in [3.05, 3.63) is 0 Å². The van der Waals surface area contributed by atoms with Crippen LogP contribution in [0.15, 0.2) is 0 Å². The summed E-state index contributed by atoms with van der Waals surface area (Å²) in [7, 11) is 0. The molecule has 5 heteroatoms. The Hall–Kier alpha value is -0.710. The molecule has 0 bridgehead atoms. The first-order chi connectivity index (χ1) is 8.09. The fraction of sp³-hybridized carbons (Fsp3) is 0.833. The summed E-state index contributed by atoms with van der Waals surface area (Å²) in [6.07, 6.45) is 2.18. The number of rotatable bonds is 2. The van der Waals surface area contributed by atoms with E-state index in [1.54, 1.807) is 0 Å². The minimum absolute atomic E-state index is 0.0722. The Bertz CT molecular complexity index is 315. The SMILES string of the molecule is CC1CC(C(=O)O)CCN1C(=O)C1CCSC1. The van der Waals surface area contributed by atoms with E-state index in [4.69, 9.17) is 5.11 Å². The van der Waals surface area contributed by atoms with Gasteiger partial charge in [-0.3, -0.25) is 9.59 Å². The van der Waals surface area contributed by atoms with E-state index in [1.807, 2.05) is 23.6 Å². The van der Waals surface area contributed by atoms with Crippen molar-refractivity contribution in [3.8, 4) is 0 Å². The maximum atomic E-state index is 12.3. The Morgan fingerprint density at radius 2 is 2.06 bits per heavy atom. The molecule has 0 saturated carbocycles. The monoisotopic (exact) mass is 257 g/mol. The minimum Gasteiger partial charge on any atom is -0.481 e. The first-order valence-corrected chi connectivity index (χ1v) is 7.36. The highest BCUT2D eigenvalue weighted by Crippen LogP contribution is 2.29. The number of carboxylic acid groups (broad SMARTS) is 1. The Labute approximate surface area is 106 Å². The van der Waals surface area contributed by atoms with Gasteiger partial charge in [0, 0.05) is 24.3 Å². The molecule has 3 unspecified atom stereocenters. The molecule has 0 radical (unpaired) electrons. The molecule has 2 aliphatic rings. The van der Waals surface area contributed by atoms with Crippen LogP contribution >= 0.6 is 11.8 Å². The summed E-state index contributed by atoms with van der Waals surface area (Å²) in [6, 6.07) is 0.0722. The number of hydrogen-bond acceptors (Lipinski definition) is 3. The highest BCUT2D eigenvalue weighted by atomic mass is 32.2. The number of carboxylic acids is 1. The third-order valence-electron chi connectivity index (χ3n) is 3.79. The molecule has 1 amide bonds. The number of amides is 1. The molecule has 4 nitrogen and oxygen atoms in total. The molecule has 2 saturated heterocycles. The smallest absolute Gasteiger partial charge is 0.306 e. The summed E-state index contributed by atoms with van der Waals surface area (Å²) < 4.78 is 0. The lowest BCUT2D eigenvalue weighted by Crippen LogP contribution is -2.48. The number of thioether (sulfide) groups is 1. The number of carbonyl (C=O) groups is 2. The molecule has 0 aromatic carbocycles. The number of carbonyl (C=O) groups excluding carboxylic acids is 1. The van der Waals surface area contributed by atoms with Crippen LogP contribution in [0, 0.1) is 11.8 Å². The van der Waals surface area contributed by atoms with Gasteiger partial charge in [-0.1, -0.05) is 0 Å². The molecule has 2 heterocycles. The normalized spacial score (nSPS) is 33.7. The second kappa shape index (κ2) is 5.29. The highest BCUT2D eigenvalue weighted by molar-refractivity contribution is 7.99. The van der Waals surface area contributed by atoms with Crippen molar-refractivity contribution in [2.24, 2.45) is 11.8 Å². The molecule has 2 aliphatic heterocycles. The molecule has 17 heavy (non-hydrogen) atoms. The predicted molar refractivity (Wildman–Crippen MR) is 67.0 cm³/mol. The van der Waals surface area contributed by atoms with Gasteiger partial charge in [-0.2, -0.15) is 11.8 Å². The zero-order chi connectivity index (χ0) is 12.4. The van der Waals surface area contributed by atoms with Crippen LogP contribution in [0.4, 0.5) is 0 Å². The highest BCUT2D eigenvalue weighted by Gasteiger charge is 2.35. The topological polar surface area (TPSA) is 57.6 Å². The van der Waals surface area contributed by atoms with E-state index >= 15 is 0 Å². The summed E-state index contributed by atoms with van der Waals surface area (Å²) in [5.41, 5.74) is 0. The van der Waals surface area contributed by atoms with Crippen LogP contribution < -0.4 is 0 Å². The van der Waals surface area contributed by atoms with E-state index in [0.29, 0.717) is 19.4 Å². The molecular formula is C12H19NO3S. The van der Waals surface area contributed by atoms with Crippen LogP contribution in [0.1, 0.15) is 26.2 Å². The van der Waals surface area contributed by atoms with Gasteiger partial charge >= 0.3 is 5.97 Å². The van der Waals surface area contributed by atoms with Gasteiger partial charge < -0.3 is 10.0 Å². The van der Waals surface area contributed by atoms with Crippen LogP contribution in [0.2, 0.25) is 0 Å². The van der Waals surface area contributed by atoms with Crippen molar-refractivity contribution in [1.82, 2.24) is 4.90 Å². The summed E-state index contributed by atoms with van der Waals surface area (Å²) >= 11 is 1.84. The summed E-state index contributed by atoms with van der Waals surface area (Å²) in [6.45, 7) is 2.58. The predicted octanol–water partition coefficient (Wildman–Crippen LogP) is 1.45. The average molecular weight is 257 g/mol. The summed E-state index contributed by atoms with van der Waals surface area (Å²) in [4.78, 5) is 25.1. The van der Waals surface area contributed by atoms with Gasteiger partial charge in [-0.15, -0.1) is 0 Å². The van der Waals surface area contributed by atoms with Crippen LogP contribution in [-0.2, 0) is 9.59 Å². The van der Waals surface area contributed by atoms with E-state index in [2.05, 4.69) is 0 Å². The number of aliphatic carboxylic acids is 1. The molecule has 1 N–H and O–H groups in total. The first-order valence-electron chi connectivity index (χ1n) is 6.20. The van der Waals surface area contributed by atoms with E-state index < -0.39 is 5.97 Å². The number of hydrogen-bond donors (Lipinski definition) is 1. The van der Waals surface area contributed by atoms with Crippen molar-refractivity contribution in [1.29, 1.82) is 0 Å². The van der Waals surface area contributed by atoms with E-state index in [-0.39, 0.29) is 23.8 Å². The van der Waals surface area contributed by atoms with E-state index in [0.717, 1.165) is 17.9 Å². The Kier molecular flexibility index (Phi) is 3.97. The molecule has 2 rings (SSSR count). The zero-order valence-corrected chi connectivity index (χ0v) is 10.9. The fourth-order valence-corrected chi connectivity index (χ4v) is 3.90. The third-order valence-corrected chi connectivity index (χ3v) is 4.95. The maximum Gasteiger partial charge on any atom is 0.306 e. The van der Waals surface area contributed by atoms with Gasteiger partial charge in [0.15, 0.2) is 0 Å². The molecule has 0 aromatic heterocycles. The van der Waals surface area contributed by atoms with Crippen molar-refractivity contribution in [3.63, 3.8) is 0 Å². The standard InChI is InChI=1S/C12H19NO3S/c1-8-6-9(12(15)16)2-4-13(8)11(14)10-3-5-17-7-10/h8-10H,2-7H2,1H3,(H,15,16). The zero-order valence-electron chi connectivity index (χ0n) is 10.1. The van der Waals surface area contributed by atoms with Gasteiger partial charge in [-0.25, -0.2) is 0 Å². The molecule has 0 spiro atoms. The van der Waals surface area contributed by atoms with Gasteiger partial charge in [-0.05, 0) is 31.9 Å². The van der Waals surface area contributed by atoms with Crippen LogP contribution in [0.25, 0.3) is 0 Å². The van der Waals surface area contributed by atoms with Gasteiger partial charge in [0.25, 0.3) is 0 Å². The first kappa shape index (κ1) is 12.7. The third kappa shape index (κ3) is 2.76. The van der Waals surface area contributed by atoms with Gasteiger partial charge in [0.1, 0.15) is 0 Å². The fourth-order valence-electron chi connectivity index (χ4n) is 2.69. The van der Waals surface area contributed by atoms with Crippen molar-refractivity contribution < 1.29 is 14.7 Å². The Morgan fingerprint density at radius 3 is 2.59 bits per heavy atom.